The lowest BCUT2D eigenvalue weighted by Gasteiger charge is -2.08. The SMILES string of the molecule is NC(=O)CCCNCC1CCSC1. The molecule has 13 heavy (non-hydrogen) atoms. The Bertz CT molecular complexity index is 158. The van der Waals surface area contributed by atoms with E-state index in [1.165, 1.54) is 17.9 Å². The van der Waals surface area contributed by atoms with Crippen molar-refractivity contribution in [2.24, 2.45) is 11.7 Å². The van der Waals surface area contributed by atoms with Crippen molar-refractivity contribution in [3.63, 3.8) is 0 Å². The number of amides is 1. The second-order valence-corrected chi connectivity index (χ2v) is 4.65. The third kappa shape index (κ3) is 5.16. The first-order chi connectivity index (χ1) is 6.29. The van der Waals surface area contributed by atoms with Gasteiger partial charge in [-0.25, -0.2) is 0 Å². The second kappa shape index (κ2) is 6.27. The van der Waals surface area contributed by atoms with E-state index < -0.39 is 0 Å². The molecule has 1 heterocycles. The van der Waals surface area contributed by atoms with Gasteiger partial charge in [0, 0.05) is 6.42 Å². The van der Waals surface area contributed by atoms with E-state index in [0.717, 1.165) is 25.4 Å². The van der Waals surface area contributed by atoms with E-state index in [0.29, 0.717) is 6.42 Å². The smallest absolute Gasteiger partial charge is 0.217 e. The molecule has 0 aliphatic carbocycles. The first-order valence-electron chi connectivity index (χ1n) is 4.86. The number of primary amides is 1. The van der Waals surface area contributed by atoms with Gasteiger partial charge in [-0.15, -0.1) is 0 Å². The number of nitrogens with two attached hydrogens (primary N) is 1. The summed E-state index contributed by atoms with van der Waals surface area (Å²) in [6.07, 6.45) is 2.72. The number of hydrogen-bond acceptors (Lipinski definition) is 3. The summed E-state index contributed by atoms with van der Waals surface area (Å²) in [6, 6.07) is 0. The highest BCUT2D eigenvalue weighted by Gasteiger charge is 2.14. The lowest BCUT2D eigenvalue weighted by atomic mass is 10.1. The minimum Gasteiger partial charge on any atom is -0.370 e. The normalized spacial score (nSPS) is 22.0. The molecule has 0 aromatic rings. The van der Waals surface area contributed by atoms with Gasteiger partial charge in [0.1, 0.15) is 0 Å². The third-order valence-corrected chi connectivity index (χ3v) is 3.47. The minimum atomic E-state index is -0.196. The third-order valence-electron chi connectivity index (χ3n) is 2.23. The van der Waals surface area contributed by atoms with E-state index in [-0.39, 0.29) is 5.91 Å². The van der Waals surface area contributed by atoms with E-state index >= 15 is 0 Å². The van der Waals surface area contributed by atoms with Crippen LogP contribution in [-0.2, 0) is 4.79 Å². The largest absolute Gasteiger partial charge is 0.370 e. The maximum absolute atomic E-state index is 10.4. The van der Waals surface area contributed by atoms with Gasteiger partial charge >= 0.3 is 0 Å². The quantitative estimate of drug-likeness (QED) is 0.620. The molecule has 3 nitrogen and oxygen atoms in total. The van der Waals surface area contributed by atoms with Crippen LogP contribution in [-0.4, -0.2) is 30.5 Å². The van der Waals surface area contributed by atoms with Crippen molar-refractivity contribution in [2.45, 2.75) is 19.3 Å². The molecular formula is C9H18N2OS. The summed E-state index contributed by atoms with van der Waals surface area (Å²) in [7, 11) is 0. The fraction of sp³-hybridized carbons (Fsp3) is 0.889. The van der Waals surface area contributed by atoms with Crippen LogP contribution in [0, 0.1) is 5.92 Å². The average Bonchev–Trinajstić information content (AvgIpc) is 2.55. The highest BCUT2D eigenvalue weighted by Crippen LogP contribution is 2.22. The Balaban J connectivity index is 1.86. The maximum Gasteiger partial charge on any atom is 0.217 e. The van der Waals surface area contributed by atoms with Crippen LogP contribution in [0.5, 0.6) is 0 Å². The molecule has 0 radical (unpaired) electrons. The number of carbonyl (C=O) groups excluding carboxylic acids is 1. The van der Waals surface area contributed by atoms with E-state index in [9.17, 15) is 4.79 Å². The number of carbonyl (C=O) groups is 1. The van der Waals surface area contributed by atoms with Crippen molar-refractivity contribution in [1.82, 2.24) is 5.32 Å². The Morgan fingerprint density at radius 2 is 2.46 bits per heavy atom. The molecule has 4 heteroatoms. The van der Waals surface area contributed by atoms with Crippen LogP contribution >= 0.6 is 11.8 Å². The summed E-state index contributed by atoms with van der Waals surface area (Å²) in [6.45, 7) is 2.02. The number of nitrogens with one attached hydrogen (secondary N) is 1. The van der Waals surface area contributed by atoms with Crippen molar-refractivity contribution in [3.8, 4) is 0 Å². The summed E-state index contributed by atoms with van der Waals surface area (Å²) < 4.78 is 0. The summed E-state index contributed by atoms with van der Waals surface area (Å²) in [5.41, 5.74) is 5.03. The molecular weight excluding hydrogens is 184 g/mol. The zero-order valence-corrected chi connectivity index (χ0v) is 8.74. The zero-order valence-electron chi connectivity index (χ0n) is 7.92. The van der Waals surface area contributed by atoms with Crippen LogP contribution in [0.3, 0.4) is 0 Å². The molecule has 1 atom stereocenters. The lowest BCUT2D eigenvalue weighted by molar-refractivity contribution is -0.118. The standard InChI is InChI=1S/C9H18N2OS/c10-9(12)2-1-4-11-6-8-3-5-13-7-8/h8,11H,1-7H2,(H2,10,12). The second-order valence-electron chi connectivity index (χ2n) is 3.50. The van der Waals surface area contributed by atoms with Crippen LogP contribution in [0.1, 0.15) is 19.3 Å². The zero-order chi connectivity index (χ0) is 9.52. The summed E-state index contributed by atoms with van der Waals surface area (Å²) in [5, 5.41) is 3.36. The minimum absolute atomic E-state index is 0.196. The Hall–Kier alpha value is -0.220. The monoisotopic (exact) mass is 202 g/mol. The molecule has 0 bridgehead atoms. The summed E-state index contributed by atoms with van der Waals surface area (Å²) >= 11 is 2.04. The molecule has 76 valence electrons. The molecule has 0 aromatic carbocycles. The van der Waals surface area contributed by atoms with Crippen LogP contribution in [0.2, 0.25) is 0 Å². The van der Waals surface area contributed by atoms with Gasteiger partial charge in [0.2, 0.25) is 5.91 Å². The van der Waals surface area contributed by atoms with Crippen LogP contribution in [0.25, 0.3) is 0 Å². The fourth-order valence-electron chi connectivity index (χ4n) is 1.44. The molecule has 3 N–H and O–H groups in total. The van der Waals surface area contributed by atoms with Gasteiger partial charge in [0.05, 0.1) is 0 Å². The highest BCUT2D eigenvalue weighted by atomic mass is 32.2. The molecule has 0 aromatic heterocycles. The first kappa shape index (κ1) is 10.9. The molecule has 1 amide bonds. The van der Waals surface area contributed by atoms with Crippen LogP contribution < -0.4 is 11.1 Å². The molecule has 1 unspecified atom stereocenters. The van der Waals surface area contributed by atoms with Crippen molar-refractivity contribution in [2.75, 3.05) is 24.6 Å². The van der Waals surface area contributed by atoms with E-state index in [1.54, 1.807) is 0 Å². The van der Waals surface area contributed by atoms with Crippen LogP contribution in [0.15, 0.2) is 0 Å². The van der Waals surface area contributed by atoms with E-state index in [4.69, 9.17) is 5.73 Å². The molecule has 0 saturated carbocycles. The van der Waals surface area contributed by atoms with Gasteiger partial charge in [0.25, 0.3) is 0 Å². The number of rotatable bonds is 6. The van der Waals surface area contributed by atoms with Gasteiger partial charge < -0.3 is 11.1 Å². The molecule has 1 aliphatic heterocycles. The maximum atomic E-state index is 10.4. The Morgan fingerprint density at radius 3 is 3.08 bits per heavy atom. The summed E-state index contributed by atoms with van der Waals surface area (Å²) in [4.78, 5) is 10.4. The van der Waals surface area contributed by atoms with E-state index in [2.05, 4.69) is 5.32 Å². The van der Waals surface area contributed by atoms with Gasteiger partial charge in [-0.2, -0.15) is 11.8 Å². The van der Waals surface area contributed by atoms with Gasteiger partial charge in [0.15, 0.2) is 0 Å². The van der Waals surface area contributed by atoms with E-state index in [1.807, 2.05) is 11.8 Å². The molecule has 1 fully saturated rings. The van der Waals surface area contributed by atoms with Gasteiger partial charge in [-0.3, -0.25) is 4.79 Å². The molecule has 1 rings (SSSR count). The molecule has 0 spiro atoms. The van der Waals surface area contributed by atoms with Gasteiger partial charge in [-0.1, -0.05) is 0 Å². The molecule has 1 saturated heterocycles. The Morgan fingerprint density at radius 1 is 1.62 bits per heavy atom. The topological polar surface area (TPSA) is 55.1 Å². The van der Waals surface area contributed by atoms with Crippen molar-refractivity contribution >= 4 is 17.7 Å². The van der Waals surface area contributed by atoms with Crippen molar-refractivity contribution in [1.29, 1.82) is 0 Å². The fourth-order valence-corrected chi connectivity index (χ4v) is 2.72. The van der Waals surface area contributed by atoms with Crippen LogP contribution in [0.4, 0.5) is 0 Å². The molecule has 1 aliphatic rings. The van der Waals surface area contributed by atoms with Gasteiger partial charge in [-0.05, 0) is 43.4 Å². The first-order valence-corrected chi connectivity index (χ1v) is 6.01. The highest BCUT2D eigenvalue weighted by molar-refractivity contribution is 7.99. The average molecular weight is 202 g/mol. The number of hydrogen-bond donors (Lipinski definition) is 2. The van der Waals surface area contributed by atoms with Crippen molar-refractivity contribution in [3.05, 3.63) is 0 Å². The number of thioether (sulfide) groups is 1. The Kier molecular flexibility index (Phi) is 5.23. The lowest BCUT2D eigenvalue weighted by Crippen LogP contribution is -2.24. The van der Waals surface area contributed by atoms with Crippen molar-refractivity contribution < 1.29 is 4.79 Å². The predicted octanol–water partition coefficient (Wildman–Crippen LogP) is 0.595. The summed E-state index contributed by atoms with van der Waals surface area (Å²) in [5.74, 6) is 3.26. The Labute approximate surface area is 83.8 Å². The predicted molar refractivity (Wildman–Crippen MR) is 56.7 cm³/mol.